The Morgan fingerprint density at radius 1 is 1.24 bits per heavy atom. The summed E-state index contributed by atoms with van der Waals surface area (Å²) in [5.74, 6) is -0.125. The van der Waals surface area contributed by atoms with Gasteiger partial charge in [0.15, 0.2) is 0 Å². The second-order valence-electron chi connectivity index (χ2n) is 5.02. The minimum Gasteiger partial charge on any atom is -0.352 e. The minimum absolute atomic E-state index is 0.0526. The molecule has 0 spiro atoms. The average molecular weight is 239 g/mol. The van der Waals surface area contributed by atoms with Crippen molar-refractivity contribution in [2.75, 3.05) is 6.54 Å². The maximum absolute atomic E-state index is 11.9. The fraction of sp³-hybridized carbons (Fsp3) is 0.833. The van der Waals surface area contributed by atoms with Crippen molar-refractivity contribution in [1.29, 1.82) is 0 Å². The van der Waals surface area contributed by atoms with E-state index in [4.69, 9.17) is 0 Å². The molecule has 1 saturated carbocycles. The van der Waals surface area contributed by atoms with E-state index >= 15 is 0 Å². The van der Waals surface area contributed by atoms with Gasteiger partial charge in [-0.05, 0) is 39.2 Å². The number of carbonyl (C=O) groups is 2. The highest BCUT2D eigenvalue weighted by Gasteiger charge is 2.28. The maximum Gasteiger partial charge on any atom is 0.242 e. The van der Waals surface area contributed by atoms with Crippen molar-refractivity contribution in [2.24, 2.45) is 0 Å². The first-order valence-corrected chi connectivity index (χ1v) is 6.51. The lowest BCUT2D eigenvalue weighted by atomic mass is 10.0. The van der Waals surface area contributed by atoms with Crippen molar-refractivity contribution >= 4 is 11.8 Å². The summed E-state index contributed by atoms with van der Waals surface area (Å²) in [6, 6.07) is -0.221. The lowest BCUT2D eigenvalue weighted by Crippen LogP contribution is -2.52. The zero-order valence-electron chi connectivity index (χ0n) is 10.3. The summed E-state index contributed by atoms with van der Waals surface area (Å²) in [5, 5.41) is 8.83. The Labute approximate surface area is 102 Å². The van der Waals surface area contributed by atoms with Gasteiger partial charge < -0.3 is 16.0 Å². The molecule has 1 aliphatic heterocycles. The van der Waals surface area contributed by atoms with Crippen molar-refractivity contribution in [3.05, 3.63) is 0 Å². The molecular formula is C12H21N3O2. The topological polar surface area (TPSA) is 70.2 Å². The number of carbonyl (C=O) groups excluding carboxylic acids is 2. The van der Waals surface area contributed by atoms with Crippen molar-refractivity contribution < 1.29 is 9.59 Å². The predicted molar refractivity (Wildman–Crippen MR) is 64.4 cm³/mol. The molecule has 5 heteroatoms. The standard InChI is InChI=1S/C12H21N3O2/c1-8(11(16)15-9-5-6-9)14-12(17)10-4-2-3-7-13-10/h8-10,13H,2-7H2,1H3,(H,14,17)(H,15,16). The molecular weight excluding hydrogens is 218 g/mol. The summed E-state index contributed by atoms with van der Waals surface area (Å²) in [5.41, 5.74) is 0. The van der Waals surface area contributed by atoms with Gasteiger partial charge in [-0.25, -0.2) is 0 Å². The molecule has 0 aromatic heterocycles. The number of rotatable bonds is 4. The van der Waals surface area contributed by atoms with Crippen LogP contribution >= 0.6 is 0 Å². The SMILES string of the molecule is CC(NC(=O)C1CCCCN1)C(=O)NC1CC1. The van der Waals surface area contributed by atoms with Gasteiger partial charge in [0.1, 0.15) is 6.04 Å². The van der Waals surface area contributed by atoms with Crippen molar-refractivity contribution in [2.45, 2.75) is 57.2 Å². The van der Waals surface area contributed by atoms with Gasteiger partial charge in [-0.15, -0.1) is 0 Å². The molecule has 2 fully saturated rings. The summed E-state index contributed by atoms with van der Waals surface area (Å²) < 4.78 is 0. The Balaban J connectivity index is 1.73. The highest BCUT2D eigenvalue weighted by Crippen LogP contribution is 2.18. The van der Waals surface area contributed by atoms with E-state index in [9.17, 15) is 9.59 Å². The first-order valence-electron chi connectivity index (χ1n) is 6.51. The molecule has 2 aliphatic rings. The summed E-state index contributed by atoms with van der Waals surface area (Å²) in [6.07, 6.45) is 5.20. The van der Waals surface area contributed by atoms with E-state index in [-0.39, 0.29) is 17.9 Å². The molecule has 2 unspecified atom stereocenters. The van der Waals surface area contributed by atoms with E-state index in [0.29, 0.717) is 6.04 Å². The molecule has 2 rings (SSSR count). The molecule has 1 heterocycles. The molecule has 1 saturated heterocycles. The van der Waals surface area contributed by atoms with Crippen LogP contribution in [0.4, 0.5) is 0 Å². The van der Waals surface area contributed by atoms with E-state index in [2.05, 4.69) is 16.0 Å². The third kappa shape index (κ3) is 3.70. The molecule has 0 aromatic rings. The van der Waals surface area contributed by atoms with E-state index in [1.165, 1.54) is 0 Å². The van der Waals surface area contributed by atoms with E-state index in [0.717, 1.165) is 38.6 Å². The predicted octanol–water partition coefficient (Wildman–Crippen LogP) is -0.0882. The smallest absolute Gasteiger partial charge is 0.242 e. The van der Waals surface area contributed by atoms with Crippen molar-refractivity contribution in [1.82, 2.24) is 16.0 Å². The second kappa shape index (κ2) is 5.49. The van der Waals surface area contributed by atoms with Crippen LogP contribution in [0.15, 0.2) is 0 Å². The first kappa shape index (κ1) is 12.4. The molecule has 17 heavy (non-hydrogen) atoms. The summed E-state index contributed by atoms with van der Waals surface area (Å²) in [7, 11) is 0. The summed E-state index contributed by atoms with van der Waals surface area (Å²) >= 11 is 0. The second-order valence-corrected chi connectivity index (χ2v) is 5.02. The fourth-order valence-electron chi connectivity index (χ4n) is 2.01. The lowest BCUT2D eigenvalue weighted by molar-refractivity contribution is -0.130. The van der Waals surface area contributed by atoms with Gasteiger partial charge in [0.2, 0.25) is 11.8 Å². The number of hydrogen-bond acceptors (Lipinski definition) is 3. The molecule has 2 atom stereocenters. The number of hydrogen-bond donors (Lipinski definition) is 3. The van der Waals surface area contributed by atoms with Crippen LogP contribution in [0.2, 0.25) is 0 Å². The molecule has 0 aromatic carbocycles. The largest absolute Gasteiger partial charge is 0.352 e. The maximum atomic E-state index is 11.9. The third-order valence-electron chi connectivity index (χ3n) is 3.30. The van der Waals surface area contributed by atoms with E-state index in [1.807, 2.05) is 0 Å². The Bertz CT molecular complexity index is 296. The zero-order valence-corrected chi connectivity index (χ0v) is 10.3. The van der Waals surface area contributed by atoms with Crippen molar-refractivity contribution in [3.8, 4) is 0 Å². The Kier molecular flexibility index (Phi) is 3.99. The monoisotopic (exact) mass is 239 g/mol. The Morgan fingerprint density at radius 3 is 2.59 bits per heavy atom. The van der Waals surface area contributed by atoms with Crippen LogP contribution in [-0.4, -0.2) is 36.5 Å². The Hall–Kier alpha value is -1.10. The van der Waals surface area contributed by atoms with Crippen LogP contribution < -0.4 is 16.0 Å². The molecule has 96 valence electrons. The number of piperidine rings is 1. The van der Waals surface area contributed by atoms with Crippen LogP contribution in [0.5, 0.6) is 0 Å². The molecule has 3 N–H and O–H groups in total. The molecule has 2 amide bonds. The van der Waals surface area contributed by atoms with E-state index < -0.39 is 6.04 Å². The van der Waals surface area contributed by atoms with Gasteiger partial charge in [0, 0.05) is 6.04 Å². The van der Waals surface area contributed by atoms with Crippen LogP contribution in [0, 0.1) is 0 Å². The normalized spacial score (nSPS) is 26.1. The number of nitrogens with one attached hydrogen (secondary N) is 3. The van der Waals surface area contributed by atoms with Gasteiger partial charge in [-0.2, -0.15) is 0 Å². The summed E-state index contributed by atoms with van der Waals surface area (Å²) in [4.78, 5) is 23.5. The quantitative estimate of drug-likeness (QED) is 0.642. The third-order valence-corrected chi connectivity index (χ3v) is 3.30. The van der Waals surface area contributed by atoms with Gasteiger partial charge in [-0.1, -0.05) is 6.42 Å². The van der Waals surface area contributed by atoms with Gasteiger partial charge in [0.25, 0.3) is 0 Å². The van der Waals surface area contributed by atoms with Crippen LogP contribution in [-0.2, 0) is 9.59 Å². The van der Waals surface area contributed by atoms with E-state index in [1.54, 1.807) is 6.92 Å². The molecule has 0 bridgehead atoms. The lowest BCUT2D eigenvalue weighted by Gasteiger charge is -2.24. The fourth-order valence-corrected chi connectivity index (χ4v) is 2.01. The molecule has 0 radical (unpaired) electrons. The highest BCUT2D eigenvalue weighted by molar-refractivity contribution is 5.89. The first-order chi connectivity index (χ1) is 8.16. The zero-order chi connectivity index (χ0) is 12.3. The summed E-state index contributed by atoms with van der Waals surface area (Å²) in [6.45, 7) is 2.62. The average Bonchev–Trinajstić information content (AvgIpc) is 3.14. The highest BCUT2D eigenvalue weighted by atomic mass is 16.2. The molecule has 1 aliphatic carbocycles. The van der Waals surface area contributed by atoms with Gasteiger partial charge >= 0.3 is 0 Å². The number of amides is 2. The Morgan fingerprint density at radius 2 is 2.00 bits per heavy atom. The molecule has 5 nitrogen and oxygen atoms in total. The minimum atomic E-state index is -0.438. The van der Waals surface area contributed by atoms with Crippen molar-refractivity contribution in [3.63, 3.8) is 0 Å². The van der Waals surface area contributed by atoms with Crippen LogP contribution in [0.1, 0.15) is 39.0 Å². The van der Waals surface area contributed by atoms with Crippen LogP contribution in [0.3, 0.4) is 0 Å². The van der Waals surface area contributed by atoms with Crippen LogP contribution in [0.25, 0.3) is 0 Å². The van der Waals surface area contributed by atoms with Gasteiger partial charge in [0.05, 0.1) is 6.04 Å². The van der Waals surface area contributed by atoms with Gasteiger partial charge in [-0.3, -0.25) is 9.59 Å².